The summed E-state index contributed by atoms with van der Waals surface area (Å²) < 4.78 is 0.848. The zero-order chi connectivity index (χ0) is 15.6. The summed E-state index contributed by atoms with van der Waals surface area (Å²) in [7, 11) is 0. The molecule has 0 saturated heterocycles. The highest BCUT2D eigenvalue weighted by Crippen LogP contribution is 2.31. The summed E-state index contributed by atoms with van der Waals surface area (Å²) in [5, 5.41) is 14.2. The zero-order valence-electron chi connectivity index (χ0n) is 11.3. The summed E-state index contributed by atoms with van der Waals surface area (Å²) in [4.78, 5) is 18.6. The van der Waals surface area contributed by atoms with Gasteiger partial charge in [0.2, 0.25) is 11.8 Å². The lowest BCUT2D eigenvalue weighted by molar-refractivity contribution is -0.385. The molecule has 0 unspecified atom stereocenters. The van der Waals surface area contributed by atoms with Crippen molar-refractivity contribution in [2.24, 2.45) is 5.84 Å². The Bertz CT molecular complexity index is 706. The van der Waals surface area contributed by atoms with E-state index in [-0.39, 0.29) is 23.1 Å². The summed E-state index contributed by atoms with van der Waals surface area (Å²) in [5.41, 5.74) is 3.95. The molecule has 0 atom stereocenters. The minimum atomic E-state index is -0.523. The van der Waals surface area contributed by atoms with Crippen molar-refractivity contribution in [1.29, 1.82) is 0 Å². The molecule has 0 aliphatic heterocycles. The van der Waals surface area contributed by atoms with E-state index in [1.54, 1.807) is 0 Å². The Balaban J connectivity index is 2.54. The van der Waals surface area contributed by atoms with E-state index in [1.165, 1.54) is 6.92 Å². The van der Waals surface area contributed by atoms with Gasteiger partial charge in [-0.1, -0.05) is 22.0 Å². The van der Waals surface area contributed by atoms with Crippen LogP contribution in [0.15, 0.2) is 22.7 Å². The molecule has 0 spiro atoms. The summed E-state index contributed by atoms with van der Waals surface area (Å²) in [6, 6.07) is 5.58. The molecular formula is C12H13BrN6O2. The molecule has 2 aromatic rings. The molecule has 0 aliphatic rings. The van der Waals surface area contributed by atoms with Gasteiger partial charge in [-0.05, 0) is 31.5 Å². The summed E-state index contributed by atoms with van der Waals surface area (Å²) in [5.74, 6) is 5.47. The van der Waals surface area contributed by atoms with Crippen molar-refractivity contribution in [2.75, 3.05) is 10.7 Å². The summed E-state index contributed by atoms with van der Waals surface area (Å²) >= 11 is 3.36. The summed E-state index contributed by atoms with van der Waals surface area (Å²) in [6.45, 7) is 3.41. The Morgan fingerprint density at radius 1 is 1.33 bits per heavy atom. The highest BCUT2D eigenvalue weighted by Gasteiger charge is 2.22. The zero-order valence-corrected chi connectivity index (χ0v) is 12.9. The minimum Gasteiger partial charge on any atom is -0.334 e. The Kier molecular flexibility index (Phi) is 4.34. The van der Waals surface area contributed by atoms with Crippen molar-refractivity contribution < 1.29 is 4.92 Å². The number of rotatable bonds is 4. The van der Waals surface area contributed by atoms with E-state index in [4.69, 9.17) is 5.84 Å². The number of aryl methyl sites for hydroxylation is 2. The molecule has 0 fully saturated rings. The van der Waals surface area contributed by atoms with Crippen LogP contribution in [-0.2, 0) is 0 Å². The third-order valence-corrected chi connectivity index (χ3v) is 3.32. The monoisotopic (exact) mass is 352 g/mol. The van der Waals surface area contributed by atoms with Gasteiger partial charge in [0.05, 0.1) is 4.92 Å². The number of anilines is 3. The molecule has 8 nitrogen and oxygen atoms in total. The van der Waals surface area contributed by atoms with Crippen LogP contribution >= 0.6 is 15.9 Å². The maximum absolute atomic E-state index is 11.2. The largest absolute Gasteiger partial charge is 0.334 e. The first-order valence-corrected chi connectivity index (χ1v) is 6.74. The molecule has 1 aromatic carbocycles. The normalized spacial score (nSPS) is 10.3. The maximum Gasteiger partial charge on any atom is 0.332 e. The van der Waals surface area contributed by atoms with E-state index < -0.39 is 4.92 Å². The number of nitrogens with two attached hydrogens (primary N) is 1. The predicted octanol–water partition coefficient (Wildman–Crippen LogP) is 2.79. The lowest BCUT2D eigenvalue weighted by Gasteiger charge is -2.11. The standard InChI is InChI=1S/C12H13BrN6O2/c1-6-3-4-8(13)5-9(6)16-11-10(19(20)21)7(2)15-12(17-11)18-14/h3-5H,14H2,1-2H3,(H2,15,16,17,18). The van der Waals surface area contributed by atoms with E-state index in [0.717, 1.165) is 10.0 Å². The third kappa shape index (κ3) is 3.26. The Labute approximate surface area is 129 Å². The van der Waals surface area contributed by atoms with Gasteiger partial charge in [0.15, 0.2) is 0 Å². The quantitative estimate of drug-likeness (QED) is 0.439. The minimum absolute atomic E-state index is 0.0849. The Morgan fingerprint density at radius 3 is 2.67 bits per heavy atom. The number of hydrogen-bond donors (Lipinski definition) is 3. The van der Waals surface area contributed by atoms with Gasteiger partial charge in [0, 0.05) is 10.2 Å². The van der Waals surface area contributed by atoms with Crippen LogP contribution in [0.5, 0.6) is 0 Å². The van der Waals surface area contributed by atoms with Gasteiger partial charge >= 0.3 is 5.69 Å². The Hall–Kier alpha value is -2.26. The maximum atomic E-state index is 11.2. The number of benzene rings is 1. The number of nitrogens with one attached hydrogen (secondary N) is 2. The highest BCUT2D eigenvalue weighted by molar-refractivity contribution is 9.10. The molecular weight excluding hydrogens is 340 g/mol. The number of aromatic nitrogens is 2. The molecule has 21 heavy (non-hydrogen) atoms. The van der Waals surface area contributed by atoms with Crippen molar-refractivity contribution in [3.05, 3.63) is 44.0 Å². The molecule has 1 aromatic heterocycles. The van der Waals surface area contributed by atoms with Gasteiger partial charge in [-0.2, -0.15) is 4.98 Å². The molecule has 9 heteroatoms. The van der Waals surface area contributed by atoms with Crippen LogP contribution < -0.4 is 16.6 Å². The molecule has 2 rings (SSSR count). The van der Waals surface area contributed by atoms with Gasteiger partial charge < -0.3 is 5.32 Å². The number of hydrazine groups is 1. The lowest BCUT2D eigenvalue weighted by atomic mass is 10.2. The predicted molar refractivity (Wildman–Crippen MR) is 83.4 cm³/mol. The van der Waals surface area contributed by atoms with Crippen molar-refractivity contribution >= 4 is 39.1 Å². The van der Waals surface area contributed by atoms with Gasteiger partial charge in [-0.3, -0.25) is 15.5 Å². The number of halogens is 1. The van der Waals surface area contributed by atoms with E-state index in [1.807, 2.05) is 25.1 Å². The van der Waals surface area contributed by atoms with Gasteiger partial charge in [0.25, 0.3) is 0 Å². The first-order valence-electron chi connectivity index (χ1n) is 5.95. The van der Waals surface area contributed by atoms with Gasteiger partial charge in [0.1, 0.15) is 5.69 Å². The lowest BCUT2D eigenvalue weighted by Crippen LogP contribution is -2.13. The molecule has 110 valence electrons. The van der Waals surface area contributed by atoms with Gasteiger partial charge in [-0.15, -0.1) is 0 Å². The topological polar surface area (TPSA) is 119 Å². The van der Waals surface area contributed by atoms with E-state index >= 15 is 0 Å². The van der Waals surface area contributed by atoms with E-state index in [2.05, 4.69) is 36.6 Å². The van der Waals surface area contributed by atoms with Crippen molar-refractivity contribution in [2.45, 2.75) is 13.8 Å². The first-order chi connectivity index (χ1) is 9.92. The number of nitrogens with zero attached hydrogens (tertiary/aromatic N) is 3. The molecule has 0 saturated carbocycles. The first kappa shape index (κ1) is 15.1. The second-order valence-corrected chi connectivity index (χ2v) is 5.23. The van der Waals surface area contributed by atoms with Crippen LogP contribution in [0.1, 0.15) is 11.3 Å². The molecule has 0 amide bonds. The SMILES string of the molecule is Cc1ccc(Br)cc1Nc1nc(NN)nc(C)c1[N+](=O)[O-]. The smallest absolute Gasteiger partial charge is 0.332 e. The molecule has 0 aliphatic carbocycles. The van der Waals surface area contributed by atoms with Crippen molar-refractivity contribution in [3.8, 4) is 0 Å². The number of hydrogen-bond acceptors (Lipinski definition) is 7. The molecule has 0 radical (unpaired) electrons. The van der Waals surface area contributed by atoms with Crippen LogP contribution in [0.25, 0.3) is 0 Å². The molecule has 4 N–H and O–H groups in total. The second-order valence-electron chi connectivity index (χ2n) is 4.32. The Morgan fingerprint density at radius 2 is 2.05 bits per heavy atom. The fourth-order valence-corrected chi connectivity index (χ4v) is 2.15. The van der Waals surface area contributed by atoms with Crippen LogP contribution in [0.2, 0.25) is 0 Å². The van der Waals surface area contributed by atoms with Crippen molar-refractivity contribution in [3.63, 3.8) is 0 Å². The van der Waals surface area contributed by atoms with Crippen molar-refractivity contribution in [1.82, 2.24) is 9.97 Å². The molecule has 1 heterocycles. The van der Waals surface area contributed by atoms with Gasteiger partial charge in [-0.25, -0.2) is 10.8 Å². The average Bonchev–Trinajstić information content (AvgIpc) is 2.41. The third-order valence-electron chi connectivity index (χ3n) is 2.82. The fraction of sp³-hybridized carbons (Fsp3) is 0.167. The fourth-order valence-electron chi connectivity index (χ4n) is 1.79. The second kappa shape index (κ2) is 6.02. The number of nitrogen functional groups attached to an aromatic ring is 1. The van der Waals surface area contributed by atoms with Crippen LogP contribution in [0.4, 0.5) is 23.1 Å². The molecule has 0 bridgehead atoms. The highest BCUT2D eigenvalue weighted by atomic mass is 79.9. The van der Waals surface area contributed by atoms with E-state index in [9.17, 15) is 10.1 Å². The number of nitro groups is 1. The van der Waals surface area contributed by atoms with E-state index in [0.29, 0.717) is 5.69 Å². The van der Waals surface area contributed by atoms with Crippen LogP contribution in [0, 0.1) is 24.0 Å². The average molecular weight is 353 g/mol. The summed E-state index contributed by atoms with van der Waals surface area (Å²) in [6.07, 6.45) is 0. The van der Waals surface area contributed by atoms with Crippen LogP contribution in [-0.4, -0.2) is 14.9 Å². The van der Waals surface area contributed by atoms with Crippen LogP contribution in [0.3, 0.4) is 0 Å².